The summed E-state index contributed by atoms with van der Waals surface area (Å²) in [7, 11) is 0. The molecule has 0 aliphatic rings. The predicted molar refractivity (Wildman–Crippen MR) is 58.1 cm³/mol. The average molecular weight is 208 g/mol. The van der Waals surface area contributed by atoms with E-state index in [9.17, 15) is 9.90 Å². The Hall–Kier alpha value is -1.55. The zero-order valence-corrected chi connectivity index (χ0v) is 8.79. The average Bonchev–Trinajstić information content (AvgIpc) is 2.23. The minimum absolute atomic E-state index is 0.148. The summed E-state index contributed by atoms with van der Waals surface area (Å²) in [4.78, 5) is 10.8. The molecule has 1 rings (SSSR count). The second-order valence-electron chi connectivity index (χ2n) is 3.54. The number of phenolic OH excluding ortho intramolecular Hbond substituents is 1. The van der Waals surface area contributed by atoms with Crippen LogP contribution in [-0.2, 0) is 11.2 Å². The number of nitrogens with two attached hydrogens (primary N) is 1. The van der Waals surface area contributed by atoms with Gasteiger partial charge in [0.2, 0.25) is 5.91 Å². The van der Waals surface area contributed by atoms with Crippen molar-refractivity contribution in [1.29, 1.82) is 0 Å². The van der Waals surface area contributed by atoms with Crippen molar-refractivity contribution in [3.8, 4) is 5.75 Å². The molecule has 1 amide bonds. The van der Waals surface area contributed by atoms with Crippen molar-refractivity contribution in [3.63, 3.8) is 0 Å². The summed E-state index contributed by atoms with van der Waals surface area (Å²) in [6.07, 6.45) is 2.00. The number of rotatable bonds is 4. The van der Waals surface area contributed by atoms with E-state index in [1.165, 1.54) is 0 Å². The fourth-order valence-electron chi connectivity index (χ4n) is 1.40. The number of hydrogen-bond acceptors (Lipinski definition) is 3. The first kappa shape index (κ1) is 11.5. The van der Waals surface area contributed by atoms with Crippen molar-refractivity contribution in [2.45, 2.75) is 26.2 Å². The maximum absolute atomic E-state index is 10.8. The number of aromatic hydroxyl groups is 1. The first-order chi connectivity index (χ1) is 7.13. The third kappa shape index (κ3) is 3.59. The zero-order valence-electron chi connectivity index (χ0n) is 8.79. The lowest BCUT2D eigenvalue weighted by atomic mass is 10.1. The topological polar surface area (TPSA) is 75.4 Å². The molecule has 0 bridgehead atoms. The Morgan fingerprint density at radius 2 is 2.27 bits per heavy atom. The van der Waals surface area contributed by atoms with E-state index in [1.807, 2.05) is 19.1 Å². The molecule has 0 unspecified atom stereocenters. The molecule has 0 saturated carbocycles. The number of carbonyl (C=O) groups excluding carboxylic acids is 1. The van der Waals surface area contributed by atoms with Crippen LogP contribution in [0.25, 0.3) is 0 Å². The first-order valence-corrected chi connectivity index (χ1v) is 4.91. The van der Waals surface area contributed by atoms with Gasteiger partial charge in [0.05, 0.1) is 0 Å². The molecule has 0 aromatic heterocycles. The maximum atomic E-state index is 10.8. The molecule has 0 fully saturated rings. The lowest BCUT2D eigenvalue weighted by molar-refractivity contribution is -0.121. The van der Waals surface area contributed by atoms with Gasteiger partial charge in [-0.1, -0.05) is 12.1 Å². The van der Waals surface area contributed by atoms with Crippen LogP contribution in [0, 0.1) is 6.92 Å². The quantitative estimate of drug-likeness (QED) is 0.393. The molecule has 0 aliphatic heterocycles. The molecular formula is C11H16N2O2. The summed E-state index contributed by atoms with van der Waals surface area (Å²) in [6.45, 7) is 1.85. The van der Waals surface area contributed by atoms with E-state index in [2.05, 4.69) is 5.43 Å². The number of nitrogens with one attached hydrogen (secondary N) is 1. The van der Waals surface area contributed by atoms with Crippen molar-refractivity contribution in [2.75, 3.05) is 0 Å². The van der Waals surface area contributed by atoms with Gasteiger partial charge < -0.3 is 5.11 Å². The molecule has 4 nitrogen and oxygen atoms in total. The van der Waals surface area contributed by atoms with Gasteiger partial charge in [-0.3, -0.25) is 10.2 Å². The van der Waals surface area contributed by atoms with Crippen molar-refractivity contribution in [3.05, 3.63) is 29.3 Å². The molecule has 4 heteroatoms. The number of carbonyl (C=O) groups is 1. The second-order valence-corrected chi connectivity index (χ2v) is 3.54. The van der Waals surface area contributed by atoms with E-state index in [1.54, 1.807) is 6.07 Å². The van der Waals surface area contributed by atoms with Gasteiger partial charge in [-0.15, -0.1) is 0 Å². The van der Waals surface area contributed by atoms with Crippen LogP contribution in [0.4, 0.5) is 0 Å². The zero-order chi connectivity index (χ0) is 11.3. The van der Waals surface area contributed by atoms with Crippen LogP contribution >= 0.6 is 0 Å². The summed E-state index contributed by atoms with van der Waals surface area (Å²) >= 11 is 0. The highest BCUT2D eigenvalue weighted by molar-refractivity contribution is 5.75. The van der Waals surface area contributed by atoms with Crippen LogP contribution in [0.2, 0.25) is 0 Å². The fraction of sp³-hybridized carbons (Fsp3) is 0.364. The molecule has 0 spiro atoms. The van der Waals surface area contributed by atoms with E-state index in [0.29, 0.717) is 12.2 Å². The Balaban J connectivity index is 2.44. The molecule has 1 aromatic carbocycles. The van der Waals surface area contributed by atoms with Crippen LogP contribution < -0.4 is 11.3 Å². The van der Waals surface area contributed by atoms with Gasteiger partial charge in [0.1, 0.15) is 5.75 Å². The number of hydrazine groups is 1. The van der Waals surface area contributed by atoms with Crippen LogP contribution in [0.15, 0.2) is 18.2 Å². The Bertz CT molecular complexity index is 350. The SMILES string of the molecule is Cc1cc(CCCC(=O)NN)ccc1O. The number of hydrogen-bond donors (Lipinski definition) is 3. The van der Waals surface area contributed by atoms with E-state index < -0.39 is 0 Å². The van der Waals surface area contributed by atoms with Crippen LogP contribution in [-0.4, -0.2) is 11.0 Å². The van der Waals surface area contributed by atoms with Crippen LogP contribution in [0.1, 0.15) is 24.0 Å². The third-order valence-corrected chi connectivity index (χ3v) is 2.29. The lowest BCUT2D eigenvalue weighted by Gasteiger charge is -2.04. The van der Waals surface area contributed by atoms with Crippen LogP contribution in [0.3, 0.4) is 0 Å². The summed E-state index contributed by atoms with van der Waals surface area (Å²) in [6, 6.07) is 5.46. The fourth-order valence-corrected chi connectivity index (χ4v) is 1.40. The van der Waals surface area contributed by atoms with E-state index >= 15 is 0 Å². The van der Waals surface area contributed by atoms with Gasteiger partial charge in [0.15, 0.2) is 0 Å². The van der Waals surface area contributed by atoms with Gasteiger partial charge in [-0.25, -0.2) is 5.84 Å². The molecular weight excluding hydrogens is 192 g/mol. The van der Waals surface area contributed by atoms with Crippen molar-refractivity contribution < 1.29 is 9.90 Å². The Kier molecular flexibility index (Phi) is 4.12. The maximum Gasteiger partial charge on any atom is 0.233 e. The highest BCUT2D eigenvalue weighted by Crippen LogP contribution is 2.18. The number of benzene rings is 1. The predicted octanol–water partition coefficient (Wildman–Crippen LogP) is 1.01. The summed E-state index contributed by atoms with van der Waals surface area (Å²) in [5.74, 6) is 5.12. The number of aryl methyl sites for hydroxylation is 2. The Morgan fingerprint density at radius 3 is 2.87 bits per heavy atom. The largest absolute Gasteiger partial charge is 0.508 e. The Labute approximate surface area is 89.1 Å². The van der Waals surface area contributed by atoms with E-state index in [0.717, 1.165) is 24.0 Å². The van der Waals surface area contributed by atoms with Crippen molar-refractivity contribution >= 4 is 5.91 Å². The van der Waals surface area contributed by atoms with Gasteiger partial charge in [-0.2, -0.15) is 0 Å². The monoisotopic (exact) mass is 208 g/mol. The Morgan fingerprint density at radius 1 is 1.53 bits per heavy atom. The van der Waals surface area contributed by atoms with Crippen molar-refractivity contribution in [2.24, 2.45) is 5.84 Å². The summed E-state index contributed by atoms with van der Waals surface area (Å²) < 4.78 is 0. The third-order valence-electron chi connectivity index (χ3n) is 2.29. The first-order valence-electron chi connectivity index (χ1n) is 4.91. The van der Waals surface area contributed by atoms with Crippen molar-refractivity contribution in [1.82, 2.24) is 5.43 Å². The second kappa shape index (κ2) is 5.36. The molecule has 0 aliphatic carbocycles. The highest BCUT2D eigenvalue weighted by Gasteiger charge is 2.01. The van der Waals surface area contributed by atoms with Gasteiger partial charge in [0.25, 0.3) is 0 Å². The summed E-state index contributed by atoms with van der Waals surface area (Å²) in [5.41, 5.74) is 4.07. The van der Waals surface area contributed by atoms with E-state index in [-0.39, 0.29) is 5.91 Å². The molecule has 4 N–H and O–H groups in total. The molecule has 1 aromatic rings. The minimum Gasteiger partial charge on any atom is -0.508 e. The van der Waals surface area contributed by atoms with Gasteiger partial charge >= 0.3 is 0 Å². The molecule has 0 radical (unpaired) electrons. The number of amides is 1. The smallest absolute Gasteiger partial charge is 0.233 e. The lowest BCUT2D eigenvalue weighted by Crippen LogP contribution is -2.29. The molecule has 15 heavy (non-hydrogen) atoms. The van der Waals surface area contributed by atoms with E-state index in [4.69, 9.17) is 5.84 Å². The molecule has 82 valence electrons. The standard InChI is InChI=1S/C11H16N2O2/c1-8-7-9(5-6-10(8)14)3-2-4-11(15)13-12/h5-7,14H,2-4,12H2,1H3,(H,13,15). The van der Waals surface area contributed by atoms with Crippen LogP contribution in [0.5, 0.6) is 5.75 Å². The number of phenols is 1. The molecule has 0 heterocycles. The van der Waals surface area contributed by atoms with Gasteiger partial charge in [0, 0.05) is 6.42 Å². The summed E-state index contributed by atoms with van der Waals surface area (Å²) in [5, 5.41) is 9.31. The molecule has 0 saturated heterocycles. The highest BCUT2D eigenvalue weighted by atomic mass is 16.3. The normalized spacial score (nSPS) is 10.0. The molecule has 0 atom stereocenters. The van der Waals surface area contributed by atoms with Gasteiger partial charge in [-0.05, 0) is 37.0 Å². The minimum atomic E-state index is -0.148.